The van der Waals surface area contributed by atoms with Gasteiger partial charge in [0, 0.05) is 37.6 Å². The number of hydrogen-bond donors (Lipinski definition) is 3. The standard InChI is InChI=1S/C30H43N5O5S/c1-24(2)22-28(32-30(37)35-19-17-34(3)18-20-35)29(36)31-27(15-14-25-10-6-4-7-11-25)16-21-41(38,39)33-40-23-26-12-8-5-9-13-26/h4-13,16,21,24,27-28,33H,14-15,17-20,22-23H2,1-3H3,(H,31,36)(H,32,37)/b21-16+/t27-,28-/m0/s1. The van der Waals surface area contributed by atoms with Crippen molar-refractivity contribution < 1.29 is 22.8 Å². The number of nitrogens with zero attached hydrogens (tertiary/aromatic N) is 2. The summed E-state index contributed by atoms with van der Waals surface area (Å²) in [4.78, 5) is 37.6. The molecule has 3 N–H and O–H groups in total. The Labute approximate surface area is 244 Å². The molecule has 1 saturated heterocycles. The molecule has 10 nitrogen and oxygen atoms in total. The molecule has 2 aromatic carbocycles. The molecule has 0 aliphatic carbocycles. The summed E-state index contributed by atoms with van der Waals surface area (Å²) in [5.41, 5.74) is 1.89. The summed E-state index contributed by atoms with van der Waals surface area (Å²) in [5, 5.41) is 6.88. The highest BCUT2D eigenvalue weighted by molar-refractivity contribution is 7.92. The molecule has 2 aromatic rings. The van der Waals surface area contributed by atoms with Crippen molar-refractivity contribution in [2.45, 2.75) is 51.8 Å². The number of piperazine rings is 1. The van der Waals surface area contributed by atoms with E-state index in [4.69, 9.17) is 4.84 Å². The summed E-state index contributed by atoms with van der Waals surface area (Å²) in [5.74, 6) is -0.197. The lowest BCUT2D eigenvalue weighted by Gasteiger charge is -2.33. The highest BCUT2D eigenvalue weighted by Crippen LogP contribution is 2.11. The molecule has 41 heavy (non-hydrogen) atoms. The monoisotopic (exact) mass is 585 g/mol. The van der Waals surface area contributed by atoms with Gasteiger partial charge in [0.1, 0.15) is 6.04 Å². The molecule has 224 valence electrons. The molecular formula is C30H43N5O5S. The third kappa shape index (κ3) is 12.0. The number of rotatable bonds is 14. The zero-order valence-electron chi connectivity index (χ0n) is 24.2. The van der Waals surface area contributed by atoms with E-state index in [2.05, 4.69) is 20.4 Å². The quantitative estimate of drug-likeness (QED) is 0.293. The van der Waals surface area contributed by atoms with Gasteiger partial charge in [0.05, 0.1) is 6.61 Å². The van der Waals surface area contributed by atoms with Gasteiger partial charge in [-0.25, -0.2) is 13.2 Å². The lowest BCUT2D eigenvalue weighted by atomic mass is 10.0. The number of amides is 3. The summed E-state index contributed by atoms with van der Waals surface area (Å²) in [6.07, 6.45) is 2.99. The van der Waals surface area contributed by atoms with Crippen LogP contribution in [0.2, 0.25) is 0 Å². The first-order valence-electron chi connectivity index (χ1n) is 14.1. The van der Waals surface area contributed by atoms with E-state index in [9.17, 15) is 18.0 Å². The number of hydrogen-bond acceptors (Lipinski definition) is 6. The minimum Gasteiger partial charge on any atom is -0.348 e. The maximum atomic E-state index is 13.4. The molecule has 0 radical (unpaired) electrons. The second kappa shape index (κ2) is 16.3. The van der Waals surface area contributed by atoms with Crippen molar-refractivity contribution in [3.63, 3.8) is 0 Å². The van der Waals surface area contributed by atoms with Gasteiger partial charge in [-0.3, -0.25) is 9.63 Å². The first kappa shape index (κ1) is 32.3. The van der Waals surface area contributed by atoms with Crippen molar-refractivity contribution in [2.75, 3.05) is 33.2 Å². The first-order valence-corrected chi connectivity index (χ1v) is 15.6. The van der Waals surface area contributed by atoms with E-state index in [1.165, 1.54) is 6.08 Å². The second-order valence-corrected chi connectivity index (χ2v) is 12.3. The van der Waals surface area contributed by atoms with Crippen LogP contribution in [0.5, 0.6) is 0 Å². The predicted octanol–water partition coefficient (Wildman–Crippen LogP) is 3.04. The summed E-state index contributed by atoms with van der Waals surface area (Å²) < 4.78 is 25.2. The van der Waals surface area contributed by atoms with Gasteiger partial charge in [-0.15, -0.1) is 0 Å². The van der Waals surface area contributed by atoms with Gasteiger partial charge in [0.15, 0.2) is 0 Å². The molecule has 1 aliphatic rings. The number of carbonyl (C=O) groups excluding carboxylic acids is 2. The molecule has 0 saturated carbocycles. The number of sulfonamides is 1. The van der Waals surface area contributed by atoms with Gasteiger partial charge < -0.3 is 20.4 Å². The fourth-order valence-corrected chi connectivity index (χ4v) is 5.09. The lowest BCUT2D eigenvalue weighted by molar-refractivity contribution is -0.123. The van der Waals surface area contributed by atoms with E-state index in [1.807, 2.05) is 81.6 Å². The van der Waals surface area contributed by atoms with Gasteiger partial charge in [-0.05, 0) is 49.4 Å². The number of likely N-dealkylation sites (N-methyl/N-ethyl adjacent to an activating group) is 1. The van der Waals surface area contributed by atoms with Crippen LogP contribution >= 0.6 is 0 Å². The highest BCUT2D eigenvalue weighted by Gasteiger charge is 2.27. The van der Waals surface area contributed by atoms with Crippen molar-refractivity contribution >= 4 is 22.0 Å². The Morgan fingerprint density at radius 3 is 2.15 bits per heavy atom. The average molecular weight is 586 g/mol. The summed E-state index contributed by atoms with van der Waals surface area (Å²) >= 11 is 0. The Morgan fingerprint density at radius 1 is 0.927 bits per heavy atom. The van der Waals surface area contributed by atoms with Crippen LogP contribution in [0.4, 0.5) is 4.79 Å². The van der Waals surface area contributed by atoms with Crippen LogP contribution in [0, 0.1) is 5.92 Å². The van der Waals surface area contributed by atoms with Crippen molar-refractivity contribution in [2.24, 2.45) is 5.92 Å². The Morgan fingerprint density at radius 2 is 1.54 bits per heavy atom. The smallest absolute Gasteiger partial charge is 0.318 e. The number of benzene rings is 2. The van der Waals surface area contributed by atoms with Gasteiger partial charge in [-0.1, -0.05) is 79.4 Å². The molecule has 0 unspecified atom stereocenters. The van der Waals surface area contributed by atoms with Gasteiger partial charge >= 0.3 is 6.03 Å². The van der Waals surface area contributed by atoms with E-state index >= 15 is 0 Å². The maximum Gasteiger partial charge on any atom is 0.318 e. The van der Waals surface area contributed by atoms with Crippen LogP contribution in [0.1, 0.15) is 37.8 Å². The minimum atomic E-state index is -3.93. The molecule has 2 atom stereocenters. The van der Waals surface area contributed by atoms with E-state index in [0.29, 0.717) is 32.4 Å². The molecule has 11 heteroatoms. The Balaban J connectivity index is 1.67. The zero-order valence-corrected chi connectivity index (χ0v) is 25.0. The van der Waals surface area contributed by atoms with Crippen LogP contribution in [0.15, 0.2) is 72.1 Å². The molecule has 1 fully saturated rings. The van der Waals surface area contributed by atoms with Crippen molar-refractivity contribution in [3.05, 3.63) is 83.3 Å². The highest BCUT2D eigenvalue weighted by atomic mass is 32.2. The predicted molar refractivity (Wildman–Crippen MR) is 160 cm³/mol. The van der Waals surface area contributed by atoms with Gasteiger partial charge in [0.25, 0.3) is 10.0 Å². The molecule has 1 heterocycles. The van der Waals surface area contributed by atoms with E-state index in [1.54, 1.807) is 4.90 Å². The Kier molecular flexibility index (Phi) is 12.8. The number of aryl methyl sites for hydroxylation is 1. The van der Waals surface area contributed by atoms with E-state index in [-0.39, 0.29) is 24.5 Å². The van der Waals surface area contributed by atoms with Crippen LogP contribution in [-0.2, 0) is 32.7 Å². The van der Waals surface area contributed by atoms with Crippen LogP contribution < -0.4 is 15.5 Å². The first-order chi connectivity index (χ1) is 19.6. The second-order valence-electron chi connectivity index (χ2n) is 10.8. The van der Waals surface area contributed by atoms with E-state index in [0.717, 1.165) is 29.6 Å². The molecule has 0 spiro atoms. The van der Waals surface area contributed by atoms with Gasteiger partial charge in [0.2, 0.25) is 5.91 Å². The summed E-state index contributed by atoms with van der Waals surface area (Å²) in [6, 6.07) is 17.4. The van der Waals surface area contributed by atoms with Crippen molar-refractivity contribution in [1.82, 2.24) is 25.3 Å². The van der Waals surface area contributed by atoms with Crippen molar-refractivity contribution in [1.29, 1.82) is 0 Å². The third-order valence-corrected chi connectivity index (χ3v) is 7.64. The SMILES string of the molecule is CC(C)C[C@H](NC(=O)N1CCN(C)CC1)C(=O)N[C@H](/C=C/S(=O)(=O)NOCc1ccccc1)CCc1ccccc1. The molecular weight excluding hydrogens is 542 g/mol. The van der Waals surface area contributed by atoms with Crippen LogP contribution in [-0.4, -0.2) is 75.5 Å². The zero-order chi connectivity index (χ0) is 29.7. The number of urea groups is 1. The molecule has 3 rings (SSSR count). The normalized spacial score (nSPS) is 16.0. The minimum absolute atomic E-state index is 0.0754. The summed E-state index contributed by atoms with van der Waals surface area (Å²) in [7, 11) is -1.91. The third-order valence-electron chi connectivity index (χ3n) is 6.77. The van der Waals surface area contributed by atoms with Crippen LogP contribution in [0.25, 0.3) is 0 Å². The number of nitrogens with one attached hydrogen (secondary N) is 3. The fraction of sp³-hybridized carbons (Fsp3) is 0.467. The molecule has 1 aliphatic heterocycles. The maximum absolute atomic E-state index is 13.4. The van der Waals surface area contributed by atoms with E-state index < -0.39 is 22.1 Å². The Hall–Kier alpha value is -3.25. The summed E-state index contributed by atoms with van der Waals surface area (Å²) in [6.45, 7) is 6.80. The fourth-order valence-electron chi connectivity index (χ4n) is 4.41. The Bertz CT molecular complexity index is 1220. The molecule has 3 amide bonds. The average Bonchev–Trinajstić information content (AvgIpc) is 2.95. The molecule has 0 bridgehead atoms. The van der Waals surface area contributed by atoms with Crippen molar-refractivity contribution in [3.8, 4) is 0 Å². The largest absolute Gasteiger partial charge is 0.348 e. The molecule has 0 aromatic heterocycles. The lowest BCUT2D eigenvalue weighted by Crippen LogP contribution is -2.56. The number of carbonyl (C=O) groups is 2. The van der Waals surface area contributed by atoms with Crippen LogP contribution in [0.3, 0.4) is 0 Å². The van der Waals surface area contributed by atoms with Gasteiger partial charge in [-0.2, -0.15) is 0 Å². The topological polar surface area (TPSA) is 120 Å².